The molecule has 158 valence electrons. The van der Waals surface area contributed by atoms with Gasteiger partial charge in [-0.2, -0.15) is 26.3 Å². The number of nitrogens with zero attached hydrogens (tertiary/aromatic N) is 1. The Bertz CT molecular complexity index is 668. The molecule has 0 fully saturated rings. The highest BCUT2D eigenvalue weighted by atomic mass is 19.4. The number of benzene rings is 1. The van der Waals surface area contributed by atoms with Crippen molar-refractivity contribution in [1.82, 2.24) is 10.2 Å². The molecule has 0 spiro atoms. The van der Waals surface area contributed by atoms with E-state index in [-0.39, 0.29) is 10.5 Å². The highest BCUT2D eigenvalue weighted by Crippen LogP contribution is 2.25. The van der Waals surface area contributed by atoms with Gasteiger partial charge in [-0.05, 0) is 26.3 Å². The number of alkyl carbamates (subject to hydrolysis) is 1. The van der Waals surface area contributed by atoms with Crippen molar-refractivity contribution in [3.63, 3.8) is 0 Å². The molecule has 1 aromatic rings. The molecule has 1 rings (SSSR count). The first-order valence-electron chi connectivity index (χ1n) is 8.06. The zero-order valence-corrected chi connectivity index (χ0v) is 15.3. The summed E-state index contributed by atoms with van der Waals surface area (Å²) in [6, 6.07) is 4.46. The second-order valence-electron chi connectivity index (χ2n) is 6.91. The van der Waals surface area contributed by atoms with Gasteiger partial charge in [0.25, 0.3) is 0 Å². The fourth-order valence-electron chi connectivity index (χ4n) is 2.10. The molecular formula is C17H20F6N2O3. The lowest BCUT2D eigenvalue weighted by Gasteiger charge is -2.30. The smallest absolute Gasteiger partial charge is 0.444 e. The minimum atomic E-state index is -5.38. The van der Waals surface area contributed by atoms with Crippen LogP contribution in [0.4, 0.5) is 31.1 Å². The van der Waals surface area contributed by atoms with Gasteiger partial charge >= 0.3 is 24.4 Å². The van der Waals surface area contributed by atoms with E-state index in [9.17, 15) is 35.9 Å². The van der Waals surface area contributed by atoms with Crippen molar-refractivity contribution >= 4 is 12.0 Å². The SMILES string of the molecule is CC(C)(C)OC(=O)NC(CN(Cc1ccccc1)C(=O)C(F)(F)F)C(F)(F)F. The largest absolute Gasteiger partial charge is 0.471 e. The molecule has 1 unspecified atom stereocenters. The van der Waals surface area contributed by atoms with Crippen LogP contribution in [-0.4, -0.2) is 47.4 Å². The maximum absolute atomic E-state index is 13.3. The van der Waals surface area contributed by atoms with E-state index in [1.165, 1.54) is 50.4 Å². The van der Waals surface area contributed by atoms with Crippen LogP contribution in [0.5, 0.6) is 0 Å². The highest BCUT2D eigenvalue weighted by molar-refractivity contribution is 5.82. The van der Waals surface area contributed by atoms with E-state index in [1.54, 1.807) is 6.07 Å². The fraction of sp³-hybridized carbons (Fsp3) is 0.529. The van der Waals surface area contributed by atoms with Crippen LogP contribution in [0.3, 0.4) is 0 Å². The zero-order chi connectivity index (χ0) is 21.8. The molecule has 0 bridgehead atoms. The van der Waals surface area contributed by atoms with Crippen LogP contribution in [0.15, 0.2) is 30.3 Å². The summed E-state index contributed by atoms with van der Waals surface area (Å²) in [6.45, 7) is 2.07. The van der Waals surface area contributed by atoms with Gasteiger partial charge in [-0.15, -0.1) is 0 Å². The van der Waals surface area contributed by atoms with Crippen LogP contribution < -0.4 is 5.32 Å². The van der Waals surface area contributed by atoms with Gasteiger partial charge in [0.15, 0.2) is 0 Å². The molecule has 0 aromatic heterocycles. The molecule has 1 atom stereocenters. The summed E-state index contributed by atoms with van der Waals surface area (Å²) in [7, 11) is 0. The van der Waals surface area contributed by atoms with E-state index in [0.29, 0.717) is 0 Å². The second-order valence-corrected chi connectivity index (χ2v) is 6.91. The summed E-state index contributed by atoms with van der Waals surface area (Å²) < 4.78 is 83.1. The van der Waals surface area contributed by atoms with E-state index in [4.69, 9.17) is 4.74 Å². The quantitative estimate of drug-likeness (QED) is 0.741. The standard InChI is InChI=1S/C17H20F6N2O3/c1-15(2,3)28-14(27)24-12(16(18,19)20)10-25(13(26)17(21,22)23)9-11-7-5-4-6-8-11/h4-8,12H,9-10H2,1-3H3,(H,24,27). The van der Waals surface area contributed by atoms with Crippen molar-refractivity contribution < 1.29 is 40.7 Å². The number of carbonyl (C=O) groups excluding carboxylic acids is 2. The predicted octanol–water partition coefficient (Wildman–Crippen LogP) is 4.03. The first kappa shape index (κ1) is 23.6. The normalized spacial score (nSPS) is 13.6. The molecule has 0 aliphatic rings. The molecule has 1 N–H and O–H groups in total. The summed E-state index contributed by atoms with van der Waals surface area (Å²) in [5, 5.41) is 1.49. The average molecular weight is 414 g/mol. The third-order valence-corrected chi connectivity index (χ3v) is 3.24. The second kappa shape index (κ2) is 8.70. The van der Waals surface area contributed by atoms with Gasteiger partial charge in [0.1, 0.15) is 11.6 Å². The average Bonchev–Trinajstić information content (AvgIpc) is 2.50. The van der Waals surface area contributed by atoms with Crippen LogP contribution >= 0.6 is 0 Å². The molecule has 0 aliphatic carbocycles. The van der Waals surface area contributed by atoms with Gasteiger partial charge in [-0.1, -0.05) is 30.3 Å². The van der Waals surface area contributed by atoms with Gasteiger partial charge in [-0.25, -0.2) is 4.79 Å². The summed E-state index contributed by atoms with van der Waals surface area (Å²) >= 11 is 0. The zero-order valence-electron chi connectivity index (χ0n) is 15.3. The molecule has 0 radical (unpaired) electrons. The molecule has 28 heavy (non-hydrogen) atoms. The molecule has 2 amide bonds. The Kier molecular flexibility index (Phi) is 7.32. The Hall–Kier alpha value is -2.46. The monoisotopic (exact) mass is 414 g/mol. The van der Waals surface area contributed by atoms with E-state index in [1.807, 2.05) is 0 Å². The minimum absolute atomic E-state index is 0.00907. The maximum atomic E-state index is 13.3. The number of nitrogens with one attached hydrogen (secondary N) is 1. The van der Waals surface area contributed by atoms with Crippen LogP contribution in [0.25, 0.3) is 0 Å². The minimum Gasteiger partial charge on any atom is -0.444 e. The predicted molar refractivity (Wildman–Crippen MR) is 87.1 cm³/mol. The number of amides is 2. The van der Waals surface area contributed by atoms with E-state index < -0.39 is 49.1 Å². The summed E-state index contributed by atoms with van der Waals surface area (Å²) in [5.41, 5.74) is -0.926. The third kappa shape index (κ3) is 8.05. The van der Waals surface area contributed by atoms with Crippen molar-refractivity contribution in [1.29, 1.82) is 0 Å². The van der Waals surface area contributed by atoms with Crippen LogP contribution in [0.2, 0.25) is 0 Å². The van der Waals surface area contributed by atoms with Crippen LogP contribution in [0.1, 0.15) is 26.3 Å². The van der Waals surface area contributed by atoms with Gasteiger partial charge in [-0.3, -0.25) is 4.79 Å². The lowest BCUT2D eigenvalue weighted by Crippen LogP contribution is -2.55. The van der Waals surface area contributed by atoms with Gasteiger partial charge in [0.05, 0.1) is 6.54 Å². The van der Waals surface area contributed by atoms with Crippen LogP contribution in [-0.2, 0) is 16.1 Å². The van der Waals surface area contributed by atoms with E-state index >= 15 is 0 Å². The topological polar surface area (TPSA) is 58.6 Å². The van der Waals surface area contributed by atoms with Gasteiger partial charge in [0, 0.05) is 6.54 Å². The number of carbonyl (C=O) groups is 2. The number of rotatable bonds is 5. The molecule has 11 heteroatoms. The van der Waals surface area contributed by atoms with E-state index in [0.717, 1.165) is 0 Å². The maximum Gasteiger partial charge on any atom is 0.471 e. The number of ether oxygens (including phenoxy) is 1. The number of hydrogen-bond acceptors (Lipinski definition) is 3. The van der Waals surface area contributed by atoms with Gasteiger partial charge in [0.2, 0.25) is 0 Å². The van der Waals surface area contributed by atoms with Crippen LogP contribution in [0, 0.1) is 0 Å². The Labute approximate surface area is 157 Å². The van der Waals surface area contributed by atoms with Crippen molar-refractivity contribution in [2.75, 3.05) is 6.54 Å². The van der Waals surface area contributed by atoms with E-state index in [2.05, 4.69) is 0 Å². The Morgan fingerprint density at radius 1 is 1.04 bits per heavy atom. The van der Waals surface area contributed by atoms with Crippen molar-refractivity contribution in [3.8, 4) is 0 Å². The number of halogens is 6. The molecular weight excluding hydrogens is 394 g/mol. The fourth-order valence-corrected chi connectivity index (χ4v) is 2.10. The summed E-state index contributed by atoms with van der Waals surface area (Å²) in [5.74, 6) is -2.45. The molecule has 0 saturated heterocycles. The molecule has 0 heterocycles. The van der Waals surface area contributed by atoms with Crippen molar-refractivity contribution in [3.05, 3.63) is 35.9 Å². The lowest BCUT2D eigenvalue weighted by molar-refractivity contribution is -0.192. The Morgan fingerprint density at radius 3 is 2.00 bits per heavy atom. The van der Waals surface area contributed by atoms with Crippen molar-refractivity contribution in [2.24, 2.45) is 0 Å². The summed E-state index contributed by atoms with van der Waals surface area (Å²) in [4.78, 5) is 23.3. The Balaban J connectivity index is 3.08. The first-order valence-corrected chi connectivity index (χ1v) is 8.06. The van der Waals surface area contributed by atoms with Gasteiger partial charge < -0.3 is 15.0 Å². The number of alkyl halides is 6. The van der Waals surface area contributed by atoms with Crippen molar-refractivity contribution in [2.45, 2.75) is 51.3 Å². The molecule has 1 aromatic carbocycles. The summed E-state index contributed by atoms with van der Waals surface area (Å²) in [6.07, 6.45) is -12.0. The molecule has 0 saturated carbocycles. The third-order valence-electron chi connectivity index (χ3n) is 3.24. The Morgan fingerprint density at radius 2 is 1.57 bits per heavy atom. The first-order chi connectivity index (χ1) is 12.6. The highest BCUT2D eigenvalue weighted by Gasteiger charge is 2.47. The number of hydrogen-bond donors (Lipinski definition) is 1. The lowest BCUT2D eigenvalue weighted by atomic mass is 10.2. The molecule has 5 nitrogen and oxygen atoms in total. The molecule has 0 aliphatic heterocycles.